The van der Waals surface area contributed by atoms with Gasteiger partial charge in [-0.25, -0.2) is 4.79 Å². The first-order chi connectivity index (χ1) is 14.4. The summed E-state index contributed by atoms with van der Waals surface area (Å²) in [5, 5.41) is 25.1. The van der Waals surface area contributed by atoms with E-state index >= 15 is 0 Å². The molecule has 5 amide bonds. The Kier molecular flexibility index (Phi) is 12.8. The van der Waals surface area contributed by atoms with Gasteiger partial charge in [-0.15, -0.1) is 0 Å². The number of aliphatic hydroxyl groups is 1. The van der Waals surface area contributed by atoms with Crippen LogP contribution < -0.4 is 33.2 Å². The van der Waals surface area contributed by atoms with Crippen LogP contribution >= 0.6 is 12.6 Å². The van der Waals surface area contributed by atoms with E-state index in [1.54, 1.807) is 0 Å². The molecule has 0 rings (SSSR count). The molecule has 0 aliphatic rings. The smallest absolute Gasteiger partial charge is 0.326 e. The van der Waals surface area contributed by atoms with E-state index in [-0.39, 0.29) is 31.4 Å². The monoisotopic (exact) mass is 464 g/mol. The molecular formula is C16H28N6O8S. The van der Waals surface area contributed by atoms with Crippen LogP contribution in [0.25, 0.3) is 0 Å². The zero-order valence-corrected chi connectivity index (χ0v) is 17.5. The summed E-state index contributed by atoms with van der Waals surface area (Å²) >= 11 is 3.87. The van der Waals surface area contributed by atoms with E-state index in [0.717, 1.165) is 0 Å². The Balaban J connectivity index is 5.23. The lowest BCUT2D eigenvalue weighted by Gasteiger charge is -2.24. The molecule has 4 unspecified atom stereocenters. The third-order valence-corrected chi connectivity index (χ3v) is 4.35. The molecule has 4 atom stereocenters. The van der Waals surface area contributed by atoms with Crippen LogP contribution in [0.1, 0.15) is 25.7 Å². The highest BCUT2D eigenvalue weighted by atomic mass is 32.1. The van der Waals surface area contributed by atoms with E-state index in [1.165, 1.54) is 0 Å². The fraction of sp³-hybridized carbons (Fsp3) is 0.625. The Hall–Kier alpha value is -2.91. The second kappa shape index (κ2) is 14.2. The molecule has 0 aromatic heterocycles. The van der Waals surface area contributed by atoms with Gasteiger partial charge in [0.15, 0.2) is 0 Å². The Bertz CT molecular complexity index is 691. The number of carboxylic acid groups (broad SMARTS) is 1. The van der Waals surface area contributed by atoms with Crippen molar-refractivity contribution in [3.63, 3.8) is 0 Å². The Labute approximate surface area is 183 Å². The maximum Gasteiger partial charge on any atom is 0.326 e. The summed E-state index contributed by atoms with van der Waals surface area (Å²) in [6, 6.07) is -5.46. The number of carboxylic acids is 1. The molecule has 0 saturated heterocycles. The van der Waals surface area contributed by atoms with E-state index in [9.17, 15) is 33.9 Å². The Morgan fingerprint density at radius 3 is 1.61 bits per heavy atom. The molecule has 0 aliphatic carbocycles. The molecule has 11 N–H and O–H groups in total. The number of rotatable bonds is 15. The first kappa shape index (κ1) is 28.1. The van der Waals surface area contributed by atoms with Crippen molar-refractivity contribution in [1.82, 2.24) is 16.0 Å². The minimum Gasteiger partial charge on any atom is -0.480 e. The highest BCUT2D eigenvalue weighted by molar-refractivity contribution is 7.80. The van der Waals surface area contributed by atoms with E-state index in [4.69, 9.17) is 22.3 Å². The predicted molar refractivity (Wildman–Crippen MR) is 109 cm³/mol. The first-order valence-corrected chi connectivity index (χ1v) is 9.73. The van der Waals surface area contributed by atoms with Gasteiger partial charge in [-0.05, 0) is 12.8 Å². The minimum atomic E-state index is -1.59. The normalized spacial score (nSPS) is 14.4. The van der Waals surface area contributed by atoms with Gasteiger partial charge in [-0.3, -0.25) is 24.0 Å². The van der Waals surface area contributed by atoms with Crippen LogP contribution in [0.3, 0.4) is 0 Å². The van der Waals surface area contributed by atoms with Gasteiger partial charge in [0.2, 0.25) is 29.5 Å². The molecule has 0 aliphatic heterocycles. The van der Waals surface area contributed by atoms with Gasteiger partial charge < -0.3 is 43.4 Å². The van der Waals surface area contributed by atoms with Gasteiger partial charge in [0.1, 0.15) is 18.1 Å². The van der Waals surface area contributed by atoms with Crippen LogP contribution in [-0.4, -0.2) is 82.2 Å². The Morgan fingerprint density at radius 1 is 0.774 bits per heavy atom. The van der Waals surface area contributed by atoms with E-state index in [2.05, 4.69) is 28.6 Å². The predicted octanol–water partition coefficient (Wildman–Crippen LogP) is -4.69. The number of hydrogen-bond donors (Lipinski definition) is 9. The number of thiol groups is 1. The lowest BCUT2D eigenvalue weighted by atomic mass is 10.1. The molecule has 0 aromatic carbocycles. The molecule has 0 fully saturated rings. The maximum absolute atomic E-state index is 12.5. The molecular weight excluding hydrogens is 436 g/mol. The van der Waals surface area contributed by atoms with Crippen LogP contribution in [0.2, 0.25) is 0 Å². The van der Waals surface area contributed by atoms with Gasteiger partial charge in [-0.2, -0.15) is 12.6 Å². The number of carbonyl (C=O) groups excluding carboxylic acids is 5. The average molecular weight is 465 g/mol. The zero-order chi connectivity index (χ0) is 24.1. The molecule has 31 heavy (non-hydrogen) atoms. The van der Waals surface area contributed by atoms with Gasteiger partial charge in [0.25, 0.3) is 0 Å². The summed E-state index contributed by atoms with van der Waals surface area (Å²) in [7, 11) is 0. The first-order valence-electron chi connectivity index (χ1n) is 9.10. The van der Waals surface area contributed by atoms with Crippen molar-refractivity contribution in [3.8, 4) is 0 Å². The molecule has 0 aromatic rings. The molecule has 0 saturated carbocycles. The lowest BCUT2D eigenvalue weighted by molar-refractivity contribution is -0.143. The summed E-state index contributed by atoms with van der Waals surface area (Å²) in [5.41, 5.74) is 15.5. The number of primary amides is 2. The fourth-order valence-corrected chi connectivity index (χ4v) is 2.37. The van der Waals surface area contributed by atoms with Crippen molar-refractivity contribution < 1.29 is 39.0 Å². The number of aliphatic carboxylic acids is 1. The zero-order valence-electron chi connectivity index (χ0n) is 16.6. The topological polar surface area (TPSA) is 257 Å². The van der Waals surface area contributed by atoms with E-state index in [1.807, 2.05) is 0 Å². The highest BCUT2D eigenvalue weighted by Gasteiger charge is 2.30. The van der Waals surface area contributed by atoms with Gasteiger partial charge in [0.05, 0.1) is 12.6 Å². The number of hydrogen-bond acceptors (Lipinski definition) is 9. The van der Waals surface area contributed by atoms with Crippen LogP contribution in [-0.2, 0) is 28.8 Å². The quantitative estimate of drug-likeness (QED) is 0.105. The largest absolute Gasteiger partial charge is 0.480 e. The lowest BCUT2D eigenvalue weighted by Crippen LogP contribution is -2.58. The van der Waals surface area contributed by atoms with Crippen LogP contribution in [0, 0.1) is 0 Å². The summed E-state index contributed by atoms with van der Waals surface area (Å²) in [6.07, 6.45) is -1.12. The number of amides is 5. The van der Waals surface area contributed by atoms with E-state index in [0.29, 0.717) is 0 Å². The molecule has 15 heteroatoms. The van der Waals surface area contributed by atoms with Crippen molar-refractivity contribution in [2.75, 3.05) is 12.4 Å². The summed E-state index contributed by atoms with van der Waals surface area (Å²) in [5.74, 6) is -5.76. The number of nitrogens with two attached hydrogens (primary N) is 3. The maximum atomic E-state index is 12.5. The number of nitrogens with one attached hydrogen (secondary N) is 3. The standard InChI is InChI=1S/C16H28N6O8S/c17-7(6-31)13(26)20-8(1-3-11(18)24)14(27)22-10(5-23)15(28)21-9(16(29)30)2-4-12(19)25/h7-10,23,31H,1-6,17H2,(H2,18,24)(H2,19,25)(H,20,26)(H,21,28)(H,22,27)(H,29,30). The van der Waals surface area contributed by atoms with Crippen molar-refractivity contribution in [1.29, 1.82) is 0 Å². The highest BCUT2D eigenvalue weighted by Crippen LogP contribution is 2.02. The summed E-state index contributed by atoms with van der Waals surface area (Å²) in [4.78, 5) is 69.8. The number of carbonyl (C=O) groups is 6. The molecule has 14 nitrogen and oxygen atoms in total. The molecule has 0 radical (unpaired) electrons. The average Bonchev–Trinajstić information content (AvgIpc) is 2.70. The SMILES string of the molecule is NC(=O)CCC(NC(=O)C(CO)NC(=O)C(CCC(N)=O)NC(=O)C(N)CS)C(=O)O. The van der Waals surface area contributed by atoms with Gasteiger partial charge in [-0.1, -0.05) is 0 Å². The van der Waals surface area contributed by atoms with Crippen LogP contribution in [0.4, 0.5) is 0 Å². The van der Waals surface area contributed by atoms with Gasteiger partial charge in [0, 0.05) is 18.6 Å². The minimum absolute atomic E-state index is 0.0282. The summed E-state index contributed by atoms with van der Waals surface area (Å²) in [6.45, 7) is -0.910. The van der Waals surface area contributed by atoms with Crippen LogP contribution in [0.15, 0.2) is 0 Å². The van der Waals surface area contributed by atoms with Gasteiger partial charge >= 0.3 is 5.97 Å². The second-order valence-electron chi connectivity index (χ2n) is 6.50. The van der Waals surface area contributed by atoms with E-state index < -0.39 is 66.3 Å². The van der Waals surface area contributed by atoms with Crippen molar-refractivity contribution in [3.05, 3.63) is 0 Å². The molecule has 176 valence electrons. The number of aliphatic hydroxyl groups excluding tert-OH is 1. The molecule has 0 heterocycles. The second-order valence-corrected chi connectivity index (χ2v) is 6.87. The van der Waals surface area contributed by atoms with Crippen molar-refractivity contribution in [2.24, 2.45) is 17.2 Å². The molecule has 0 spiro atoms. The Morgan fingerprint density at radius 2 is 1.19 bits per heavy atom. The van der Waals surface area contributed by atoms with Crippen LogP contribution in [0.5, 0.6) is 0 Å². The van der Waals surface area contributed by atoms with Crippen molar-refractivity contribution in [2.45, 2.75) is 49.9 Å². The fourth-order valence-electron chi connectivity index (χ4n) is 2.20. The van der Waals surface area contributed by atoms with Crippen molar-refractivity contribution >= 4 is 48.1 Å². The molecule has 0 bridgehead atoms. The summed E-state index contributed by atoms with van der Waals surface area (Å²) < 4.78 is 0. The third-order valence-electron chi connectivity index (χ3n) is 3.96. The third kappa shape index (κ3) is 11.2.